The molecule has 19 heavy (non-hydrogen) atoms. The highest BCUT2D eigenvalue weighted by atomic mass is 16.3. The fourth-order valence-electron chi connectivity index (χ4n) is 3.43. The van der Waals surface area contributed by atoms with Crippen LogP contribution in [-0.2, 0) is 19.4 Å². The van der Waals surface area contributed by atoms with Crippen LogP contribution in [0.25, 0.3) is 0 Å². The molecule has 0 radical (unpaired) electrons. The summed E-state index contributed by atoms with van der Waals surface area (Å²) in [6.07, 6.45) is 5.84. The van der Waals surface area contributed by atoms with Gasteiger partial charge in [-0.1, -0.05) is 0 Å². The zero-order valence-corrected chi connectivity index (χ0v) is 12.0. The number of imidazole rings is 1. The van der Waals surface area contributed by atoms with E-state index in [4.69, 9.17) is 0 Å². The van der Waals surface area contributed by atoms with Gasteiger partial charge in [0.05, 0.1) is 6.10 Å². The van der Waals surface area contributed by atoms with Gasteiger partial charge < -0.3 is 14.6 Å². The molecule has 1 saturated heterocycles. The van der Waals surface area contributed by atoms with Crippen molar-refractivity contribution >= 4 is 0 Å². The summed E-state index contributed by atoms with van der Waals surface area (Å²) in [7, 11) is 0. The average molecular weight is 263 g/mol. The fourth-order valence-corrected chi connectivity index (χ4v) is 3.43. The molecule has 0 aliphatic carbocycles. The second kappa shape index (κ2) is 5.25. The van der Waals surface area contributed by atoms with Crippen molar-refractivity contribution in [1.29, 1.82) is 0 Å². The Morgan fingerprint density at radius 1 is 1.37 bits per heavy atom. The van der Waals surface area contributed by atoms with E-state index in [2.05, 4.69) is 28.3 Å². The van der Waals surface area contributed by atoms with Gasteiger partial charge in [-0.3, -0.25) is 0 Å². The maximum Gasteiger partial charge on any atom is 0.109 e. The summed E-state index contributed by atoms with van der Waals surface area (Å²) < 4.78 is 2.34. The van der Waals surface area contributed by atoms with Crippen LogP contribution in [0.15, 0.2) is 6.20 Å². The molecule has 2 atom stereocenters. The molecular formula is C15H25N3O. The highest BCUT2D eigenvalue weighted by Gasteiger charge is 2.27. The van der Waals surface area contributed by atoms with E-state index < -0.39 is 0 Å². The van der Waals surface area contributed by atoms with Crippen LogP contribution < -0.4 is 0 Å². The maximum atomic E-state index is 9.70. The molecule has 3 rings (SSSR count). The van der Waals surface area contributed by atoms with Crippen LogP contribution in [0.3, 0.4) is 0 Å². The normalized spacial score (nSPS) is 28.0. The highest BCUT2D eigenvalue weighted by Crippen LogP contribution is 2.24. The minimum Gasteiger partial charge on any atom is -0.393 e. The number of hydrogen-bond donors (Lipinski definition) is 1. The van der Waals surface area contributed by atoms with Crippen LogP contribution in [0.5, 0.6) is 0 Å². The van der Waals surface area contributed by atoms with E-state index in [0.717, 1.165) is 31.7 Å². The number of likely N-dealkylation sites (tertiary alicyclic amines) is 1. The predicted molar refractivity (Wildman–Crippen MR) is 75.1 cm³/mol. The standard InChI is InChI=1S/C15H25N3O/c1-11(2)17-5-3-12(10-17)7-15-16-9-13-8-14(19)4-6-18(13)15/h9,11-12,14,19H,3-8,10H2,1-2H3. The van der Waals surface area contributed by atoms with Crippen molar-refractivity contribution in [3.8, 4) is 0 Å². The molecule has 4 heteroatoms. The predicted octanol–water partition coefficient (Wildman–Crippen LogP) is 1.46. The van der Waals surface area contributed by atoms with E-state index in [1.807, 2.05) is 6.20 Å². The number of fused-ring (bicyclic) bond motifs is 1. The van der Waals surface area contributed by atoms with Gasteiger partial charge in [-0.05, 0) is 39.2 Å². The number of hydrogen-bond acceptors (Lipinski definition) is 3. The summed E-state index contributed by atoms with van der Waals surface area (Å²) in [5.74, 6) is 1.98. The molecule has 2 aliphatic rings. The van der Waals surface area contributed by atoms with E-state index >= 15 is 0 Å². The first-order valence-corrected chi connectivity index (χ1v) is 7.59. The van der Waals surface area contributed by atoms with Crippen LogP contribution in [0.2, 0.25) is 0 Å². The van der Waals surface area contributed by atoms with Gasteiger partial charge in [-0.2, -0.15) is 0 Å². The minimum atomic E-state index is -0.167. The van der Waals surface area contributed by atoms with Gasteiger partial charge in [0.25, 0.3) is 0 Å². The summed E-state index contributed by atoms with van der Waals surface area (Å²) in [5, 5.41) is 9.70. The summed E-state index contributed by atoms with van der Waals surface area (Å²) in [6.45, 7) is 7.94. The Morgan fingerprint density at radius 2 is 2.21 bits per heavy atom. The largest absolute Gasteiger partial charge is 0.393 e. The molecule has 2 aliphatic heterocycles. The Hall–Kier alpha value is -0.870. The molecule has 1 N–H and O–H groups in total. The Balaban J connectivity index is 1.65. The first-order chi connectivity index (χ1) is 9.13. The van der Waals surface area contributed by atoms with Gasteiger partial charge in [-0.15, -0.1) is 0 Å². The summed E-state index contributed by atoms with van der Waals surface area (Å²) in [5.41, 5.74) is 1.22. The topological polar surface area (TPSA) is 41.3 Å². The third kappa shape index (κ3) is 2.70. The SMILES string of the molecule is CC(C)N1CCC(Cc2ncc3n2CCC(O)C3)C1. The van der Waals surface area contributed by atoms with Gasteiger partial charge in [0.1, 0.15) is 5.82 Å². The summed E-state index contributed by atoms with van der Waals surface area (Å²) >= 11 is 0. The van der Waals surface area contributed by atoms with E-state index in [-0.39, 0.29) is 6.10 Å². The lowest BCUT2D eigenvalue weighted by atomic mass is 10.0. The van der Waals surface area contributed by atoms with Crippen molar-refractivity contribution in [1.82, 2.24) is 14.5 Å². The highest BCUT2D eigenvalue weighted by molar-refractivity contribution is 5.10. The Bertz CT molecular complexity index is 441. The molecule has 1 aromatic rings. The van der Waals surface area contributed by atoms with Crippen LogP contribution in [0, 0.1) is 5.92 Å². The smallest absolute Gasteiger partial charge is 0.109 e. The quantitative estimate of drug-likeness (QED) is 0.897. The Labute approximate surface area is 115 Å². The summed E-state index contributed by atoms with van der Waals surface area (Å²) in [6, 6.07) is 0.661. The van der Waals surface area contributed by atoms with Gasteiger partial charge in [-0.25, -0.2) is 4.98 Å². The van der Waals surface area contributed by atoms with Crippen molar-refractivity contribution in [2.75, 3.05) is 13.1 Å². The lowest BCUT2D eigenvalue weighted by molar-refractivity contribution is 0.142. The van der Waals surface area contributed by atoms with Crippen molar-refractivity contribution in [2.24, 2.45) is 5.92 Å². The van der Waals surface area contributed by atoms with E-state index in [1.165, 1.54) is 31.0 Å². The Morgan fingerprint density at radius 3 is 2.95 bits per heavy atom. The van der Waals surface area contributed by atoms with E-state index in [0.29, 0.717) is 6.04 Å². The summed E-state index contributed by atoms with van der Waals surface area (Å²) in [4.78, 5) is 7.16. The van der Waals surface area contributed by atoms with Gasteiger partial charge in [0.2, 0.25) is 0 Å². The first-order valence-electron chi connectivity index (χ1n) is 7.59. The van der Waals surface area contributed by atoms with E-state index in [1.54, 1.807) is 0 Å². The van der Waals surface area contributed by atoms with Crippen LogP contribution >= 0.6 is 0 Å². The number of nitrogens with zero attached hydrogens (tertiary/aromatic N) is 3. The van der Waals surface area contributed by atoms with Gasteiger partial charge >= 0.3 is 0 Å². The molecule has 4 nitrogen and oxygen atoms in total. The fraction of sp³-hybridized carbons (Fsp3) is 0.800. The number of aromatic nitrogens is 2. The first kappa shape index (κ1) is 13.1. The van der Waals surface area contributed by atoms with Crippen molar-refractivity contribution < 1.29 is 5.11 Å². The van der Waals surface area contributed by atoms with E-state index in [9.17, 15) is 5.11 Å². The maximum absolute atomic E-state index is 9.70. The lowest BCUT2D eigenvalue weighted by Crippen LogP contribution is -2.29. The molecule has 0 amide bonds. The molecule has 106 valence electrons. The molecule has 0 spiro atoms. The van der Waals surface area contributed by atoms with Gasteiger partial charge in [0, 0.05) is 43.9 Å². The third-order valence-electron chi connectivity index (χ3n) is 4.67. The molecule has 1 fully saturated rings. The molecule has 1 aromatic heterocycles. The lowest BCUT2D eigenvalue weighted by Gasteiger charge is -2.22. The van der Waals surface area contributed by atoms with Crippen LogP contribution in [-0.4, -0.2) is 44.8 Å². The molecule has 0 saturated carbocycles. The zero-order valence-electron chi connectivity index (χ0n) is 12.0. The van der Waals surface area contributed by atoms with Crippen molar-refractivity contribution in [3.05, 3.63) is 17.7 Å². The molecule has 0 bridgehead atoms. The molecule has 0 aromatic carbocycles. The van der Waals surface area contributed by atoms with Crippen LogP contribution in [0.1, 0.15) is 38.2 Å². The number of aliphatic hydroxyl groups is 1. The van der Waals surface area contributed by atoms with Crippen molar-refractivity contribution in [2.45, 2.75) is 58.2 Å². The molecule has 2 unspecified atom stereocenters. The van der Waals surface area contributed by atoms with Crippen LogP contribution in [0.4, 0.5) is 0 Å². The third-order valence-corrected chi connectivity index (χ3v) is 4.67. The average Bonchev–Trinajstić information content (AvgIpc) is 2.97. The molecule has 3 heterocycles. The number of rotatable bonds is 3. The number of aliphatic hydroxyl groups excluding tert-OH is 1. The second-order valence-electron chi connectivity index (χ2n) is 6.41. The second-order valence-corrected chi connectivity index (χ2v) is 6.41. The van der Waals surface area contributed by atoms with Crippen molar-refractivity contribution in [3.63, 3.8) is 0 Å². The Kier molecular flexibility index (Phi) is 3.63. The zero-order chi connectivity index (χ0) is 13.4. The van der Waals surface area contributed by atoms with Gasteiger partial charge in [0.15, 0.2) is 0 Å². The monoisotopic (exact) mass is 263 g/mol. The molecular weight excluding hydrogens is 238 g/mol. The minimum absolute atomic E-state index is 0.167.